The maximum Gasteiger partial charge on any atom is 0.411 e. The Morgan fingerprint density at radius 1 is 1.10 bits per heavy atom. The molecule has 1 saturated carbocycles. The zero-order valence-corrected chi connectivity index (χ0v) is 22.8. The monoisotopic (exact) mass is 528 g/mol. The van der Waals surface area contributed by atoms with Crippen LogP contribution in [0, 0.1) is 17.2 Å². The summed E-state index contributed by atoms with van der Waals surface area (Å²) in [5.74, 6) is -0.238. The molecule has 3 aliphatic heterocycles. The number of fused-ring (bicyclic) bond motifs is 4. The van der Waals surface area contributed by atoms with E-state index >= 15 is 0 Å². The summed E-state index contributed by atoms with van der Waals surface area (Å²) in [6, 6.07) is 14.7. The lowest BCUT2D eigenvalue weighted by molar-refractivity contribution is -0.135. The molecule has 39 heavy (non-hydrogen) atoms. The Morgan fingerprint density at radius 2 is 1.79 bits per heavy atom. The summed E-state index contributed by atoms with van der Waals surface area (Å²) in [6.45, 7) is 6.11. The first-order chi connectivity index (χ1) is 18.6. The van der Waals surface area contributed by atoms with E-state index in [-0.39, 0.29) is 23.8 Å². The van der Waals surface area contributed by atoms with Crippen LogP contribution in [0.4, 0.5) is 4.79 Å². The predicted molar refractivity (Wildman–Crippen MR) is 147 cm³/mol. The van der Waals surface area contributed by atoms with Crippen molar-refractivity contribution in [3.63, 3.8) is 0 Å². The van der Waals surface area contributed by atoms with Crippen molar-refractivity contribution in [2.75, 3.05) is 6.54 Å². The van der Waals surface area contributed by atoms with Gasteiger partial charge in [-0.1, -0.05) is 36.4 Å². The lowest BCUT2D eigenvalue weighted by Gasteiger charge is -2.50. The first kappa shape index (κ1) is 26.7. The third kappa shape index (κ3) is 5.78. The fraction of sp³-hybridized carbons (Fsp3) is 0.484. The molecule has 2 aromatic rings. The molecule has 0 aromatic heterocycles. The number of hydrogen-bond donors (Lipinski definition) is 2. The van der Waals surface area contributed by atoms with E-state index in [2.05, 4.69) is 22.8 Å². The average molecular weight is 529 g/mol. The molecule has 0 unspecified atom stereocenters. The van der Waals surface area contributed by atoms with Gasteiger partial charge in [-0.05, 0) is 87.1 Å². The number of carbonyl (C=O) groups excluding carboxylic acids is 3. The van der Waals surface area contributed by atoms with Crippen molar-refractivity contribution in [1.29, 1.82) is 5.26 Å². The van der Waals surface area contributed by atoms with Crippen LogP contribution in [0.3, 0.4) is 0 Å². The lowest BCUT2D eigenvalue weighted by Crippen LogP contribution is -2.64. The number of rotatable bonds is 5. The molecule has 204 valence electrons. The highest BCUT2D eigenvalue weighted by Crippen LogP contribution is 2.40. The summed E-state index contributed by atoms with van der Waals surface area (Å²) in [5.41, 5.74) is 4.11. The van der Waals surface area contributed by atoms with Crippen LogP contribution in [0.15, 0.2) is 42.5 Å². The smallest absolute Gasteiger partial charge is 0.411 e. The van der Waals surface area contributed by atoms with Gasteiger partial charge in [0, 0.05) is 24.6 Å². The molecule has 3 amide bonds. The van der Waals surface area contributed by atoms with Crippen LogP contribution < -0.4 is 10.6 Å². The number of nitriles is 1. The molecular formula is C31H36N4O4. The number of hydrogen-bond acceptors (Lipinski definition) is 5. The van der Waals surface area contributed by atoms with E-state index in [4.69, 9.17) is 4.74 Å². The highest BCUT2D eigenvalue weighted by Gasteiger charge is 2.49. The molecule has 0 spiro atoms. The van der Waals surface area contributed by atoms with Gasteiger partial charge in [-0.25, -0.2) is 4.79 Å². The number of nitrogens with one attached hydrogen (secondary N) is 2. The predicted octanol–water partition coefficient (Wildman–Crippen LogP) is 4.37. The molecule has 1 aliphatic carbocycles. The molecule has 8 nitrogen and oxygen atoms in total. The highest BCUT2D eigenvalue weighted by molar-refractivity contribution is 5.97. The molecule has 2 bridgehead atoms. The molecule has 3 fully saturated rings. The number of amides is 3. The van der Waals surface area contributed by atoms with Crippen LogP contribution in [0.25, 0.3) is 11.1 Å². The average Bonchev–Trinajstić information content (AvgIpc) is 2.92. The van der Waals surface area contributed by atoms with E-state index in [9.17, 15) is 19.6 Å². The van der Waals surface area contributed by atoms with Gasteiger partial charge >= 0.3 is 6.09 Å². The van der Waals surface area contributed by atoms with Crippen molar-refractivity contribution in [3.8, 4) is 17.2 Å². The maximum absolute atomic E-state index is 13.5. The number of nitrogens with zero attached hydrogens (tertiary/aromatic N) is 2. The van der Waals surface area contributed by atoms with Gasteiger partial charge in [0.15, 0.2) is 0 Å². The van der Waals surface area contributed by atoms with Crippen LogP contribution in [0.1, 0.15) is 67.9 Å². The summed E-state index contributed by atoms with van der Waals surface area (Å²) < 4.78 is 5.64. The largest absolute Gasteiger partial charge is 0.444 e. The summed E-state index contributed by atoms with van der Waals surface area (Å²) >= 11 is 0. The van der Waals surface area contributed by atoms with Crippen LogP contribution in [-0.4, -0.2) is 53.1 Å². The fourth-order valence-electron chi connectivity index (χ4n) is 6.13. The van der Waals surface area contributed by atoms with Crippen molar-refractivity contribution in [1.82, 2.24) is 15.5 Å². The first-order valence-electron chi connectivity index (χ1n) is 13.8. The van der Waals surface area contributed by atoms with Gasteiger partial charge < -0.3 is 15.4 Å². The third-order valence-corrected chi connectivity index (χ3v) is 7.98. The minimum atomic E-state index is -0.716. The molecule has 6 rings (SSSR count). The molecule has 2 atom stereocenters. The zero-order chi connectivity index (χ0) is 27.7. The molecule has 2 saturated heterocycles. The van der Waals surface area contributed by atoms with Gasteiger partial charge in [-0.2, -0.15) is 5.26 Å². The molecule has 2 N–H and O–H groups in total. The normalized spacial score (nSPS) is 22.8. The zero-order valence-electron chi connectivity index (χ0n) is 22.8. The lowest BCUT2D eigenvalue weighted by atomic mass is 9.74. The van der Waals surface area contributed by atoms with Crippen molar-refractivity contribution in [2.24, 2.45) is 5.92 Å². The second-order valence-electron chi connectivity index (χ2n) is 11.9. The van der Waals surface area contributed by atoms with Crippen molar-refractivity contribution < 1.29 is 19.1 Å². The second-order valence-corrected chi connectivity index (χ2v) is 11.9. The molecule has 4 aliphatic rings. The van der Waals surface area contributed by atoms with Crippen molar-refractivity contribution in [3.05, 3.63) is 59.2 Å². The van der Waals surface area contributed by atoms with Gasteiger partial charge in [0.05, 0.1) is 6.07 Å². The Balaban J connectivity index is 1.26. The van der Waals surface area contributed by atoms with Gasteiger partial charge in [0.1, 0.15) is 17.7 Å². The molecule has 8 heteroatoms. The minimum absolute atomic E-state index is 0.00772. The van der Waals surface area contributed by atoms with Crippen molar-refractivity contribution >= 4 is 17.9 Å². The maximum atomic E-state index is 13.5. The van der Waals surface area contributed by atoms with Crippen LogP contribution in [-0.2, 0) is 22.4 Å². The number of ether oxygens (including phenoxy) is 1. The number of benzene rings is 2. The summed E-state index contributed by atoms with van der Waals surface area (Å²) in [7, 11) is 0. The standard InChI is InChI=1S/C31H36N4O4/c1-31(2,3)39-30(38)35-25-11-8-21(9-12-25)27(35)29(37)34-24(18-32)16-19-4-6-20(7-5-19)22-10-13-26-23(17-22)14-15-33-28(26)36/h4-7,10,13,17,21,24-25,27H,8-9,11-12,14-16H2,1-3H3,(H,33,36)(H,34,37)/t21?,24-,25?,27-/m0/s1. The van der Waals surface area contributed by atoms with E-state index < -0.39 is 23.8 Å². The van der Waals surface area contributed by atoms with Gasteiger partial charge in [0.25, 0.3) is 5.91 Å². The van der Waals surface area contributed by atoms with E-state index in [1.165, 1.54) is 0 Å². The Hall–Kier alpha value is -3.86. The number of carbonyl (C=O) groups is 3. The summed E-state index contributed by atoms with van der Waals surface area (Å²) in [5, 5.41) is 15.6. The van der Waals surface area contributed by atoms with E-state index in [1.54, 1.807) is 4.90 Å². The van der Waals surface area contributed by atoms with Crippen LogP contribution in [0.5, 0.6) is 0 Å². The van der Waals surface area contributed by atoms with E-state index in [0.29, 0.717) is 13.0 Å². The fourth-order valence-corrected chi connectivity index (χ4v) is 6.13. The molecular weight excluding hydrogens is 492 g/mol. The number of piperidine rings is 2. The van der Waals surface area contributed by atoms with E-state index in [1.807, 2.05) is 57.2 Å². The summed E-state index contributed by atoms with van der Waals surface area (Å²) in [4.78, 5) is 40.2. The Bertz CT molecular complexity index is 1300. The van der Waals surface area contributed by atoms with Crippen LogP contribution >= 0.6 is 0 Å². The Labute approximate surface area is 229 Å². The van der Waals surface area contributed by atoms with Crippen LogP contribution in [0.2, 0.25) is 0 Å². The quantitative estimate of drug-likeness (QED) is 0.599. The Kier molecular flexibility index (Phi) is 7.35. The topological polar surface area (TPSA) is 112 Å². The minimum Gasteiger partial charge on any atom is -0.444 e. The van der Waals surface area contributed by atoms with Gasteiger partial charge in [-0.3, -0.25) is 14.5 Å². The molecule has 2 aromatic carbocycles. The second kappa shape index (κ2) is 10.7. The first-order valence-corrected chi connectivity index (χ1v) is 13.8. The molecule has 3 heterocycles. The molecule has 0 radical (unpaired) electrons. The summed E-state index contributed by atoms with van der Waals surface area (Å²) in [6.07, 6.45) is 4.26. The Morgan fingerprint density at radius 3 is 2.46 bits per heavy atom. The highest BCUT2D eigenvalue weighted by atomic mass is 16.6. The van der Waals surface area contributed by atoms with E-state index in [0.717, 1.165) is 59.9 Å². The van der Waals surface area contributed by atoms with Gasteiger partial charge in [0.2, 0.25) is 5.91 Å². The van der Waals surface area contributed by atoms with Gasteiger partial charge in [-0.15, -0.1) is 0 Å². The third-order valence-electron chi connectivity index (χ3n) is 7.98. The SMILES string of the molecule is CC(C)(C)OC(=O)N1C2CCC(CC2)[C@H]1C(=O)N[C@H](C#N)Cc1ccc(-c2ccc3c(c2)CCNC3=O)cc1. The van der Waals surface area contributed by atoms with Crippen molar-refractivity contribution in [2.45, 2.75) is 83.0 Å².